The molecule has 3 aromatic heterocycles. The molecule has 0 N–H and O–H groups in total. The van der Waals surface area contributed by atoms with Crippen molar-refractivity contribution in [1.29, 1.82) is 0 Å². The van der Waals surface area contributed by atoms with Crippen molar-refractivity contribution < 1.29 is 20.1 Å². The minimum atomic E-state index is -1.35. The third kappa shape index (κ3) is 9.73. The molecule has 1 aliphatic carbocycles. The SMILES string of the molecule is CC(C)c1cc(-c2ccccc2)cc(C(C)C)c1-n1c(-c2[c-]cc3c(c2)c2ccccc2n3-c2ccccc2)nc2ccccc21.C[Si](C)(C)c1cnc(-c2[c-]cccc2)cc1CC1CCCC1.[Ir]. The van der Waals surface area contributed by atoms with Crippen LogP contribution in [0.1, 0.15) is 81.9 Å². The maximum atomic E-state index is 5.32. The third-order valence-electron chi connectivity index (χ3n) is 13.9. The van der Waals surface area contributed by atoms with Gasteiger partial charge >= 0.3 is 0 Å². The summed E-state index contributed by atoms with van der Waals surface area (Å²) in [6.07, 6.45) is 9.03. The second-order valence-corrected chi connectivity index (χ2v) is 25.4. The van der Waals surface area contributed by atoms with Crippen molar-refractivity contribution in [1.82, 2.24) is 19.1 Å². The first kappa shape index (κ1) is 47.9. The van der Waals surface area contributed by atoms with Gasteiger partial charge in [0, 0.05) is 43.2 Å². The van der Waals surface area contributed by atoms with E-state index >= 15 is 0 Å². The van der Waals surface area contributed by atoms with E-state index in [9.17, 15) is 0 Å². The predicted molar refractivity (Wildman–Crippen MR) is 290 cm³/mol. The molecule has 7 aromatic carbocycles. The van der Waals surface area contributed by atoms with E-state index < -0.39 is 8.07 Å². The van der Waals surface area contributed by atoms with Crippen LogP contribution in [0.2, 0.25) is 19.6 Å². The van der Waals surface area contributed by atoms with Gasteiger partial charge in [0.25, 0.3) is 0 Å². The molecule has 0 saturated heterocycles. The number of para-hydroxylation sites is 4. The molecule has 1 radical (unpaired) electrons. The zero-order valence-corrected chi connectivity index (χ0v) is 44.5. The zero-order valence-electron chi connectivity index (χ0n) is 41.1. The Kier molecular flexibility index (Phi) is 14.2. The number of imidazole rings is 1. The van der Waals surface area contributed by atoms with Gasteiger partial charge < -0.3 is 14.1 Å². The largest absolute Gasteiger partial charge is 0.351 e. The number of aromatic nitrogens is 4. The summed E-state index contributed by atoms with van der Waals surface area (Å²) in [5.74, 6) is 2.40. The van der Waals surface area contributed by atoms with Crippen molar-refractivity contribution >= 4 is 46.1 Å². The van der Waals surface area contributed by atoms with E-state index in [-0.39, 0.29) is 20.1 Å². The molecule has 349 valence electrons. The maximum absolute atomic E-state index is 5.32. The van der Waals surface area contributed by atoms with Crippen molar-refractivity contribution in [3.05, 3.63) is 199 Å². The predicted octanol–water partition coefficient (Wildman–Crippen LogP) is 16.3. The van der Waals surface area contributed by atoms with Crippen LogP contribution >= 0.6 is 0 Å². The first-order chi connectivity index (χ1) is 33.0. The minimum Gasteiger partial charge on any atom is -0.351 e. The fourth-order valence-electron chi connectivity index (χ4n) is 10.5. The van der Waals surface area contributed by atoms with Crippen LogP contribution in [0.4, 0.5) is 0 Å². The molecule has 0 aliphatic heterocycles. The minimum absolute atomic E-state index is 0. The summed E-state index contributed by atoms with van der Waals surface area (Å²) in [4.78, 5) is 10.1. The Bertz CT molecular complexity index is 3330. The van der Waals surface area contributed by atoms with Gasteiger partial charge in [0.1, 0.15) is 0 Å². The summed E-state index contributed by atoms with van der Waals surface area (Å²) in [6, 6.07) is 65.2. The van der Waals surface area contributed by atoms with E-state index in [0.29, 0.717) is 11.8 Å². The third-order valence-corrected chi connectivity index (χ3v) is 16.0. The molecule has 3 heterocycles. The molecule has 0 bridgehead atoms. The van der Waals surface area contributed by atoms with Crippen LogP contribution in [-0.2, 0) is 26.5 Å². The Morgan fingerprint density at radius 3 is 1.91 bits per heavy atom. The molecule has 1 saturated carbocycles. The summed E-state index contributed by atoms with van der Waals surface area (Å²) in [5, 5.41) is 3.95. The molecular formula is C63H62IrN4Si-2. The molecule has 10 aromatic rings. The van der Waals surface area contributed by atoms with Crippen molar-refractivity contribution in [2.45, 2.75) is 91.3 Å². The van der Waals surface area contributed by atoms with Crippen molar-refractivity contribution in [3.8, 4) is 45.1 Å². The summed E-state index contributed by atoms with van der Waals surface area (Å²) in [7, 11) is -1.35. The van der Waals surface area contributed by atoms with Gasteiger partial charge in [-0.3, -0.25) is 4.98 Å². The van der Waals surface area contributed by atoms with Gasteiger partial charge in [-0.1, -0.05) is 169 Å². The second-order valence-electron chi connectivity index (χ2n) is 20.4. The maximum Gasteiger partial charge on any atom is 0.0798 e. The Morgan fingerprint density at radius 1 is 0.609 bits per heavy atom. The van der Waals surface area contributed by atoms with Crippen LogP contribution in [0.5, 0.6) is 0 Å². The van der Waals surface area contributed by atoms with E-state index in [1.165, 1.54) is 76.3 Å². The number of hydrogen-bond acceptors (Lipinski definition) is 2. The monoisotopic (exact) mass is 1100 g/mol. The molecule has 0 spiro atoms. The smallest absolute Gasteiger partial charge is 0.0798 e. The van der Waals surface area contributed by atoms with Crippen LogP contribution in [0, 0.1) is 18.1 Å². The summed E-state index contributed by atoms with van der Waals surface area (Å²) in [5.41, 5.74) is 16.6. The molecule has 11 rings (SSSR count). The Hall–Kier alpha value is -6.17. The van der Waals surface area contributed by atoms with Gasteiger partial charge in [0.05, 0.1) is 24.9 Å². The fraction of sp³-hybridized carbons (Fsp3) is 0.238. The quantitative estimate of drug-likeness (QED) is 0.101. The average molecular weight is 1100 g/mol. The molecule has 0 amide bonds. The van der Waals surface area contributed by atoms with Gasteiger partial charge in [-0.25, -0.2) is 0 Å². The van der Waals surface area contributed by atoms with Crippen LogP contribution in [0.15, 0.2) is 170 Å². The van der Waals surface area contributed by atoms with Gasteiger partial charge in [-0.2, -0.15) is 0 Å². The number of rotatable bonds is 10. The van der Waals surface area contributed by atoms with Crippen LogP contribution in [-0.4, -0.2) is 27.2 Å². The van der Waals surface area contributed by atoms with Gasteiger partial charge in [-0.05, 0) is 111 Å². The first-order valence-electron chi connectivity index (χ1n) is 24.7. The van der Waals surface area contributed by atoms with E-state index in [1.807, 2.05) is 12.1 Å². The molecule has 1 fully saturated rings. The summed E-state index contributed by atoms with van der Waals surface area (Å²) < 4.78 is 4.74. The van der Waals surface area contributed by atoms with Crippen molar-refractivity contribution in [2.75, 3.05) is 0 Å². The Labute approximate surface area is 423 Å². The molecular weight excluding hydrogens is 1030 g/mol. The van der Waals surface area contributed by atoms with Gasteiger partial charge in [-0.15, -0.1) is 59.7 Å². The normalized spacial score (nSPS) is 13.1. The van der Waals surface area contributed by atoms with E-state index in [2.05, 4.69) is 226 Å². The Balaban J connectivity index is 0.000000217. The van der Waals surface area contributed by atoms with Crippen LogP contribution in [0.3, 0.4) is 0 Å². The van der Waals surface area contributed by atoms with Crippen LogP contribution < -0.4 is 5.19 Å². The van der Waals surface area contributed by atoms with Crippen LogP contribution in [0.25, 0.3) is 78.0 Å². The molecule has 0 atom stereocenters. The summed E-state index contributed by atoms with van der Waals surface area (Å²) in [6.45, 7) is 16.5. The summed E-state index contributed by atoms with van der Waals surface area (Å²) >= 11 is 0. The Morgan fingerprint density at radius 2 is 1.25 bits per heavy atom. The number of fused-ring (bicyclic) bond motifs is 4. The first-order valence-corrected chi connectivity index (χ1v) is 28.2. The molecule has 0 unspecified atom stereocenters. The number of hydrogen-bond donors (Lipinski definition) is 0. The van der Waals surface area contributed by atoms with Crippen molar-refractivity contribution in [2.24, 2.45) is 5.92 Å². The fourth-order valence-corrected chi connectivity index (χ4v) is 12.1. The zero-order chi connectivity index (χ0) is 46.9. The number of pyridine rings is 1. The molecule has 69 heavy (non-hydrogen) atoms. The van der Waals surface area contributed by atoms with E-state index in [0.717, 1.165) is 50.8 Å². The average Bonchev–Trinajstić information content (AvgIpc) is 4.11. The molecule has 4 nitrogen and oxygen atoms in total. The van der Waals surface area contributed by atoms with E-state index in [1.54, 1.807) is 10.8 Å². The van der Waals surface area contributed by atoms with E-state index in [4.69, 9.17) is 9.97 Å². The van der Waals surface area contributed by atoms with Gasteiger partial charge in [0.15, 0.2) is 0 Å². The number of benzene rings is 7. The van der Waals surface area contributed by atoms with Gasteiger partial charge in [0.2, 0.25) is 0 Å². The second kappa shape index (κ2) is 20.4. The molecule has 1 aliphatic rings. The van der Waals surface area contributed by atoms with Crippen molar-refractivity contribution in [3.63, 3.8) is 0 Å². The topological polar surface area (TPSA) is 35.6 Å². The standard InChI is InChI=1S/C43H36N3.C20H26NSi.Ir/c1-28(2)35-26-32(30-15-7-5-8-16-30)27-36(29(3)4)42(35)46-41-22-14-12-20-38(41)44-43(46)31-23-24-40-37(25-31)34-19-11-13-21-39(34)45(40)33-17-9-6-10-18-33;1-22(2,3)20-15-21-19(17-11-5-4-6-12-17)14-18(20)13-16-9-7-8-10-16;/h5-22,24-29H,1-4H3;4-6,11,14-16H,7-10,13H2,1-3H3;/q2*-1;. The number of nitrogens with zero attached hydrogens (tertiary/aromatic N) is 4. The molecule has 6 heteroatoms.